The molecular formula is C20H25FN2O4S. The molecule has 1 aliphatic heterocycles. The first-order valence-electron chi connectivity index (χ1n) is 9.04. The van der Waals surface area contributed by atoms with E-state index in [0.29, 0.717) is 38.5 Å². The molecule has 1 fully saturated rings. The third kappa shape index (κ3) is 4.29. The molecule has 0 spiro atoms. The predicted octanol–water partition coefficient (Wildman–Crippen LogP) is 2.66. The Morgan fingerprint density at radius 1 is 0.964 bits per heavy atom. The monoisotopic (exact) mass is 408 g/mol. The molecule has 0 N–H and O–H groups in total. The van der Waals surface area contributed by atoms with Gasteiger partial charge >= 0.3 is 0 Å². The molecular weight excluding hydrogens is 383 g/mol. The Hall–Kier alpha value is -2.16. The maximum absolute atomic E-state index is 13.9. The van der Waals surface area contributed by atoms with Gasteiger partial charge in [-0.05, 0) is 42.3 Å². The molecule has 1 aliphatic rings. The number of methoxy groups -OCH3 is 2. The molecule has 0 atom stereocenters. The molecule has 8 heteroatoms. The van der Waals surface area contributed by atoms with Crippen molar-refractivity contribution in [3.05, 3.63) is 53.3 Å². The smallest absolute Gasteiger partial charge is 0.246 e. The van der Waals surface area contributed by atoms with Crippen LogP contribution in [-0.4, -0.2) is 58.0 Å². The number of aryl methyl sites for hydroxylation is 1. The maximum Gasteiger partial charge on any atom is 0.246 e. The lowest BCUT2D eigenvalue weighted by atomic mass is 10.2. The molecule has 1 heterocycles. The van der Waals surface area contributed by atoms with Crippen molar-refractivity contribution in [2.24, 2.45) is 0 Å². The molecule has 152 valence electrons. The van der Waals surface area contributed by atoms with E-state index in [1.165, 1.54) is 24.6 Å². The van der Waals surface area contributed by atoms with E-state index >= 15 is 0 Å². The average molecular weight is 408 g/mol. The van der Waals surface area contributed by atoms with E-state index in [0.717, 1.165) is 11.1 Å². The zero-order valence-electron chi connectivity index (χ0n) is 16.3. The van der Waals surface area contributed by atoms with E-state index in [4.69, 9.17) is 9.47 Å². The van der Waals surface area contributed by atoms with Crippen molar-refractivity contribution in [3.8, 4) is 11.5 Å². The van der Waals surface area contributed by atoms with Crippen LogP contribution in [0.2, 0.25) is 0 Å². The Morgan fingerprint density at radius 2 is 1.61 bits per heavy atom. The van der Waals surface area contributed by atoms with Crippen LogP contribution in [0.15, 0.2) is 41.3 Å². The molecule has 0 aromatic heterocycles. The third-order valence-corrected chi connectivity index (χ3v) is 6.81. The van der Waals surface area contributed by atoms with Crippen LogP contribution in [0, 0.1) is 12.7 Å². The highest BCUT2D eigenvalue weighted by Gasteiger charge is 2.31. The van der Waals surface area contributed by atoms with Gasteiger partial charge in [-0.15, -0.1) is 0 Å². The van der Waals surface area contributed by atoms with Gasteiger partial charge in [0, 0.05) is 32.7 Å². The average Bonchev–Trinajstić information content (AvgIpc) is 2.68. The lowest BCUT2D eigenvalue weighted by Gasteiger charge is -2.34. The number of hydrogen-bond acceptors (Lipinski definition) is 5. The Balaban J connectivity index is 1.68. The Labute approximate surface area is 165 Å². The van der Waals surface area contributed by atoms with Gasteiger partial charge in [-0.3, -0.25) is 4.90 Å². The molecule has 0 radical (unpaired) electrons. The van der Waals surface area contributed by atoms with Gasteiger partial charge in [-0.25, -0.2) is 12.8 Å². The van der Waals surface area contributed by atoms with Gasteiger partial charge in [0.2, 0.25) is 10.0 Å². The summed E-state index contributed by atoms with van der Waals surface area (Å²) in [4.78, 5) is 2.31. The van der Waals surface area contributed by atoms with Crippen LogP contribution < -0.4 is 9.47 Å². The molecule has 1 saturated heterocycles. The van der Waals surface area contributed by atoms with Crippen LogP contribution in [0.4, 0.5) is 4.39 Å². The van der Waals surface area contributed by atoms with Crippen LogP contribution >= 0.6 is 0 Å². The van der Waals surface area contributed by atoms with Crippen molar-refractivity contribution in [1.29, 1.82) is 0 Å². The van der Waals surface area contributed by atoms with Gasteiger partial charge in [0.1, 0.15) is 10.6 Å². The minimum atomic E-state index is -3.63. The molecule has 28 heavy (non-hydrogen) atoms. The maximum atomic E-state index is 13.9. The Morgan fingerprint density at radius 3 is 2.21 bits per heavy atom. The summed E-state index contributed by atoms with van der Waals surface area (Å²) in [6, 6.07) is 10.0. The van der Waals surface area contributed by atoms with Crippen LogP contribution in [-0.2, 0) is 16.6 Å². The van der Waals surface area contributed by atoms with Crippen molar-refractivity contribution in [2.75, 3.05) is 40.4 Å². The number of piperazine rings is 1. The molecule has 2 aromatic rings. The summed E-state index contributed by atoms with van der Waals surface area (Å²) in [7, 11) is -0.735. The van der Waals surface area contributed by atoms with Gasteiger partial charge in [-0.2, -0.15) is 4.31 Å². The highest BCUT2D eigenvalue weighted by atomic mass is 32.2. The number of benzene rings is 2. The fraction of sp³-hybridized carbons (Fsp3) is 0.400. The number of nitrogens with zero attached hydrogens (tertiary/aromatic N) is 2. The summed E-state index contributed by atoms with van der Waals surface area (Å²) >= 11 is 0. The van der Waals surface area contributed by atoms with Crippen molar-refractivity contribution in [3.63, 3.8) is 0 Å². The first kappa shape index (κ1) is 20.6. The highest BCUT2D eigenvalue weighted by molar-refractivity contribution is 7.89. The molecule has 0 aliphatic carbocycles. The van der Waals surface area contributed by atoms with E-state index in [2.05, 4.69) is 4.90 Å². The fourth-order valence-corrected chi connectivity index (χ4v) is 4.98. The summed E-state index contributed by atoms with van der Waals surface area (Å²) in [5.41, 5.74) is 1.69. The number of ether oxygens (including phenoxy) is 2. The van der Waals surface area contributed by atoms with Gasteiger partial charge < -0.3 is 9.47 Å². The minimum Gasteiger partial charge on any atom is -0.495 e. The molecule has 0 unspecified atom stereocenters. The van der Waals surface area contributed by atoms with Gasteiger partial charge in [0.15, 0.2) is 11.6 Å². The summed E-state index contributed by atoms with van der Waals surface area (Å²) in [6.45, 7) is 4.30. The second-order valence-corrected chi connectivity index (χ2v) is 8.71. The minimum absolute atomic E-state index is 0.195. The summed E-state index contributed by atoms with van der Waals surface area (Å²) < 4.78 is 51.7. The molecule has 0 bridgehead atoms. The summed E-state index contributed by atoms with van der Waals surface area (Å²) in [6.07, 6.45) is 0. The number of hydrogen-bond donors (Lipinski definition) is 0. The van der Waals surface area contributed by atoms with Crippen molar-refractivity contribution < 1.29 is 22.3 Å². The Kier molecular flexibility index (Phi) is 6.22. The molecule has 0 amide bonds. The predicted molar refractivity (Wildman–Crippen MR) is 105 cm³/mol. The van der Waals surface area contributed by atoms with Crippen LogP contribution in [0.5, 0.6) is 11.5 Å². The van der Waals surface area contributed by atoms with Gasteiger partial charge in [0.25, 0.3) is 0 Å². The second-order valence-electron chi connectivity index (χ2n) is 6.80. The normalized spacial score (nSPS) is 16.1. The Bertz CT molecular complexity index is 941. The number of rotatable bonds is 6. The van der Waals surface area contributed by atoms with Gasteiger partial charge in [0.05, 0.1) is 14.2 Å². The lowest BCUT2D eigenvalue weighted by molar-refractivity contribution is 0.181. The number of sulfonamides is 1. The van der Waals surface area contributed by atoms with E-state index in [-0.39, 0.29) is 10.6 Å². The third-order valence-electron chi connectivity index (χ3n) is 4.89. The van der Waals surface area contributed by atoms with E-state index < -0.39 is 15.8 Å². The van der Waals surface area contributed by atoms with Crippen LogP contribution in [0.25, 0.3) is 0 Å². The number of halogens is 1. The summed E-state index contributed by atoms with van der Waals surface area (Å²) in [5.74, 6) is 0.168. The van der Waals surface area contributed by atoms with E-state index in [1.54, 1.807) is 18.2 Å². The molecule has 0 saturated carbocycles. The standard InChI is InChI=1S/C20H25FN2O4S/c1-15-4-6-19(27-3)20(12-15)28(24,25)23-10-8-22(9-11-23)14-16-5-7-18(26-2)17(21)13-16/h4-7,12-13H,8-11,14H2,1-3H3. The second kappa shape index (κ2) is 8.46. The van der Waals surface area contributed by atoms with Crippen LogP contribution in [0.1, 0.15) is 11.1 Å². The molecule has 6 nitrogen and oxygen atoms in total. The molecule has 3 rings (SSSR count). The van der Waals surface area contributed by atoms with Crippen LogP contribution in [0.3, 0.4) is 0 Å². The highest BCUT2D eigenvalue weighted by Crippen LogP contribution is 2.28. The first-order chi connectivity index (χ1) is 13.3. The lowest BCUT2D eigenvalue weighted by Crippen LogP contribution is -2.48. The fourth-order valence-electron chi connectivity index (χ4n) is 3.32. The van der Waals surface area contributed by atoms with E-state index in [9.17, 15) is 12.8 Å². The quantitative estimate of drug-likeness (QED) is 0.736. The largest absolute Gasteiger partial charge is 0.495 e. The first-order valence-corrected chi connectivity index (χ1v) is 10.5. The summed E-state index contributed by atoms with van der Waals surface area (Å²) in [5, 5.41) is 0. The van der Waals surface area contributed by atoms with Crippen molar-refractivity contribution in [1.82, 2.24) is 9.21 Å². The zero-order valence-corrected chi connectivity index (χ0v) is 17.1. The SMILES string of the molecule is COc1ccc(CN2CCN(S(=O)(=O)c3cc(C)ccc3OC)CC2)cc1F. The zero-order chi connectivity index (χ0) is 20.3. The van der Waals surface area contributed by atoms with Crippen molar-refractivity contribution >= 4 is 10.0 Å². The van der Waals surface area contributed by atoms with Crippen molar-refractivity contribution in [2.45, 2.75) is 18.4 Å². The van der Waals surface area contributed by atoms with E-state index in [1.807, 2.05) is 19.1 Å². The topological polar surface area (TPSA) is 59.1 Å². The molecule has 2 aromatic carbocycles. The van der Waals surface area contributed by atoms with Gasteiger partial charge in [-0.1, -0.05) is 12.1 Å².